The van der Waals surface area contributed by atoms with E-state index in [0.717, 1.165) is 22.6 Å². The van der Waals surface area contributed by atoms with Crippen LogP contribution in [0.4, 0.5) is 5.69 Å². The van der Waals surface area contributed by atoms with Crippen molar-refractivity contribution in [3.63, 3.8) is 0 Å². The van der Waals surface area contributed by atoms with Crippen LogP contribution in [0.15, 0.2) is 54.9 Å². The number of anilines is 1. The predicted molar refractivity (Wildman–Crippen MR) is 79.7 cm³/mol. The first-order valence-corrected chi connectivity index (χ1v) is 6.60. The molecule has 0 atom stereocenters. The van der Waals surface area contributed by atoms with Crippen LogP contribution in [-0.2, 0) is 17.9 Å². The van der Waals surface area contributed by atoms with Gasteiger partial charge in [0, 0.05) is 30.8 Å². The van der Waals surface area contributed by atoms with Crippen molar-refractivity contribution in [3.05, 3.63) is 66.1 Å². The Hall–Kier alpha value is -2.33. The number of pyridine rings is 1. The first kappa shape index (κ1) is 12.7. The quantitative estimate of drug-likeness (QED) is 0.772. The van der Waals surface area contributed by atoms with Crippen molar-refractivity contribution in [2.24, 2.45) is 0 Å². The first-order chi connectivity index (χ1) is 9.86. The van der Waals surface area contributed by atoms with E-state index < -0.39 is 0 Å². The van der Waals surface area contributed by atoms with Crippen molar-refractivity contribution >= 4 is 11.3 Å². The lowest BCUT2D eigenvalue weighted by atomic mass is 10.2. The van der Waals surface area contributed by atoms with Gasteiger partial charge in [-0.05, 0) is 18.2 Å². The molecule has 2 aromatic heterocycles. The van der Waals surface area contributed by atoms with Crippen LogP contribution in [0.1, 0.15) is 11.3 Å². The number of para-hydroxylation sites is 1. The average molecular weight is 267 g/mol. The second kappa shape index (κ2) is 5.75. The van der Waals surface area contributed by atoms with E-state index in [1.807, 2.05) is 47.1 Å². The third-order valence-electron chi connectivity index (χ3n) is 3.19. The van der Waals surface area contributed by atoms with Crippen LogP contribution >= 0.6 is 0 Å². The van der Waals surface area contributed by atoms with Gasteiger partial charge in [-0.2, -0.15) is 0 Å². The third kappa shape index (κ3) is 2.65. The molecule has 0 spiro atoms. The van der Waals surface area contributed by atoms with Crippen LogP contribution in [0, 0.1) is 0 Å². The molecule has 3 aromatic rings. The number of aromatic nitrogens is 2. The summed E-state index contributed by atoms with van der Waals surface area (Å²) in [7, 11) is 1.71. The summed E-state index contributed by atoms with van der Waals surface area (Å²) in [5.41, 5.74) is 4.23. The molecule has 0 aliphatic heterocycles. The predicted octanol–water partition coefficient (Wildman–Crippen LogP) is 3.09. The van der Waals surface area contributed by atoms with Crippen molar-refractivity contribution in [1.29, 1.82) is 0 Å². The van der Waals surface area contributed by atoms with E-state index in [1.54, 1.807) is 7.11 Å². The number of ether oxygens (including phenoxy) is 1. The van der Waals surface area contributed by atoms with Gasteiger partial charge in [-0.25, -0.2) is 4.98 Å². The molecule has 4 nitrogen and oxygen atoms in total. The maximum Gasteiger partial charge on any atom is 0.137 e. The summed E-state index contributed by atoms with van der Waals surface area (Å²) in [5, 5.41) is 3.42. The van der Waals surface area contributed by atoms with E-state index in [2.05, 4.69) is 22.4 Å². The van der Waals surface area contributed by atoms with E-state index in [9.17, 15) is 0 Å². The highest BCUT2D eigenvalue weighted by atomic mass is 16.5. The topological polar surface area (TPSA) is 38.6 Å². The highest BCUT2D eigenvalue weighted by Gasteiger charge is 2.03. The molecular weight excluding hydrogens is 250 g/mol. The molecule has 0 amide bonds. The second-order valence-electron chi connectivity index (χ2n) is 4.64. The maximum atomic E-state index is 5.21. The van der Waals surface area contributed by atoms with Crippen molar-refractivity contribution in [2.75, 3.05) is 12.4 Å². The molecule has 3 rings (SSSR count). The lowest BCUT2D eigenvalue weighted by Gasteiger charge is -2.10. The number of nitrogens with one attached hydrogen (secondary N) is 1. The number of benzene rings is 1. The van der Waals surface area contributed by atoms with Crippen LogP contribution in [0.2, 0.25) is 0 Å². The molecule has 2 heterocycles. The number of hydrogen-bond donors (Lipinski definition) is 1. The summed E-state index contributed by atoms with van der Waals surface area (Å²) in [5.74, 6) is 0. The number of hydrogen-bond acceptors (Lipinski definition) is 3. The number of methoxy groups -OCH3 is 1. The van der Waals surface area contributed by atoms with E-state index in [1.165, 1.54) is 0 Å². The lowest BCUT2D eigenvalue weighted by Crippen LogP contribution is -2.03. The van der Waals surface area contributed by atoms with Gasteiger partial charge in [0.25, 0.3) is 0 Å². The molecule has 0 unspecified atom stereocenters. The monoisotopic (exact) mass is 267 g/mol. The zero-order valence-electron chi connectivity index (χ0n) is 11.4. The van der Waals surface area contributed by atoms with Gasteiger partial charge in [-0.3, -0.25) is 0 Å². The average Bonchev–Trinajstić information content (AvgIpc) is 2.89. The molecule has 0 aliphatic carbocycles. The smallest absolute Gasteiger partial charge is 0.137 e. The number of imidazole rings is 1. The molecule has 102 valence electrons. The van der Waals surface area contributed by atoms with Crippen molar-refractivity contribution < 1.29 is 4.74 Å². The molecule has 0 saturated carbocycles. The maximum absolute atomic E-state index is 5.21. The molecular formula is C16H17N3O. The van der Waals surface area contributed by atoms with Gasteiger partial charge >= 0.3 is 0 Å². The van der Waals surface area contributed by atoms with E-state index in [4.69, 9.17) is 4.74 Å². The highest BCUT2D eigenvalue weighted by molar-refractivity contribution is 5.51. The van der Waals surface area contributed by atoms with E-state index in [-0.39, 0.29) is 0 Å². The van der Waals surface area contributed by atoms with Gasteiger partial charge in [-0.1, -0.05) is 24.3 Å². The van der Waals surface area contributed by atoms with Crippen LogP contribution in [0.5, 0.6) is 0 Å². The number of nitrogens with zero attached hydrogens (tertiary/aromatic N) is 2. The highest BCUT2D eigenvalue weighted by Crippen LogP contribution is 2.17. The van der Waals surface area contributed by atoms with Gasteiger partial charge in [0.05, 0.1) is 18.8 Å². The summed E-state index contributed by atoms with van der Waals surface area (Å²) in [6.45, 7) is 1.30. The first-order valence-electron chi connectivity index (χ1n) is 6.60. The molecule has 20 heavy (non-hydrogen) atoms. The Morgan fingerprint density at radius 2 is 2.00 bits per heavy atom. The molecule has 0 radical (unpaired) electrons. The van der Waals surface area contributed by atoms with Crippen molar-refractivity contribution in [3.8, 4) is 0 Å². The van der Waals surface area contributed by atoms with Gasteiger partial charge < -0.3 is 14.5 Å². The van der Waals surface area contributed by atoms with E-state index in [0.29, 0.717) is 13.2 Å². The van der Waals surface area contributed by atoms with Crippen LogP contribution in [0.25, 0.3) is 5.65 Å². The Labute approximate surface area is 118 Å². The fourth-order valence-electron chi connectivity index (χ4n) is 2.23. The van der Waals surface area contributed by atoms with Crippen LogP contribution in [-0.4, -0.2) is 16.5 Å². The summed E-state index contributed by atoms with van der Waals surface area (Å²) in [4.78, 5) is 4.57. The summed E-state index contributed by atoms with van der Waals surface area (Å²) >= 11 is 0. The van der Waals surface area contributed by atoms with Crippen LogP contribution < -0.4 is 5.32 Å². The minimum Gasteiger partial charge on any atom is -0.380 e. The second-order valence-corrected chi connectivity index (χ2v) is 4.64. The number of fused-ring (bicyclic) bond motifs is 1. The minimum absolute atomic E-state index is 0.605. The Morgan fingerprint density at radius 1 is 1.15 bits per heavy atom. The Morgan fingerprint density at radius 3 is 2.85 bits per heavy atom. The van der Waals surface area contributed by atoms with Gasteiger partial charge in [-0.15, -0.1) is 0 Å². The summed E-state index contributed by atoms with van der Waals surface area (Å²) in [6.07, 6.45) is 4.05. The molecule has 4 heteroatoms. The normalized spacial score (nSPS) is 10.8. The van der Waals surface area contributed by atoms with Crippen LogP contribution in [0.3, 0.4) is 0 Å². The molecule has 0 saturated heterocycles. The molecule has 0 fully saturated rings. The largest absolute Gasteiger partial charge is 0.380 e. The minimum atomic E-state index is 0.605. The number of rotatable bonds is 5. The van der Waals surface area contributed by atoms with Gasteiger partial charge in [0.2, 0.25) is 0 Å². The summed E-state index contributed by atoms with van der Waals surface area (Å²) in [6, 6.07) is 14.2. The zero-order valence-corrected chi connectivity index (χ0v) is 11.4. The molecule has 0 bridgehead atoms. The van der Waals surface area contributed by atoms with Gasteiger partial charge in [0.15, 0.2) is 0 Å². The molecule has 0 aliphatic rings. The summed E-state index contributed by atoms with van der Waals surface area (Å²) < 4.78 is 7.23. The third-order valence-corrected chi connectivity index (χ3v) is 3.19. The van der Waals surface area contributed by atoms with Crippen molar-refractivity contribution in [2.45, 2.75) is 13.2 Å². The van der Waals surface area contributed by atoms with Gasteiger partial charge in [0.1, 0.15) is 5.65 Å². The fourth-order valence-corrected chi connectivity index (χ4v) is 2.23. The molecule has 1 aromatic carbocycles. The van der Waals surface area contributed by atoms with E-state index >= 15 is 0 Å². The standard InChI is InChI=1S/C16H17N3O/c1-20-12-13-6-2-3-7-15(13)17-10-14-11-19-9-5-4-8-16(19)18-14/h2-9,11,17H,10,12H2,1H3. The van der Waals surface area contributed by atoms with Crippen molar-refractivity contribution in [1.82, 2.24) is 9.38 Å². The Balaban J connectivity index is 1.76. The fraction of sp³-hybridized carbons (Fsp3) is 0.188. The SMILES string of the molecule is COCc1ccccc1NCc1cn2ccccc2n1. The Kier molecular flexibility index (Phi) is 3.65. The Bertz CT molecular complexity index is 673. The molecule has 1 N–H and O–H groups in total. The lowest BCUT2D eigenvalue weighted by molar-refractivity contribution is 0.185. The zero-order chi connectivity index (χ0) is 13.8.